The van der Waals surface area contributed by atoms with Crippen molar-refractivity contribution in [2.75, 3.05) is 12.3 Å². The highest BCUT2D eigenvalue weighted by atomic mass is 32.2. The molecule has 0 bridgehead atoms. The number of nitrogens with one attached hydrogen (secondary N) is 1. The molecule has 0 aromatic heterocycles. The third kappa shape index (κ3) is 6.90. The van der Waals surface area contributed by atoms with Crippen LogP contribution in [0.25, 0.3) is 0 Å². The van der Waals surface area contributed by atoms with Gasteiger partial charge >= 0.3 is 5.97 Å². The van der Waals surface area contributed by atoms with Crippen molar-refractivity contribution in [1.29, 1.82) is 0 Å². The number of halogens is 1. The molecular weight excluding hydrogens is 341 g/mol. The first-order valence-corrected chi connectivity index (χ1v) is 9.57. The molecule has 4 nitrogen and oxygen atoms in total. The summed E-state index contributed by atoms with van der Waals surface area (Å²) in [4.78, 5) is 24.2. The van der Waals surface area contributed by atoms with Gasteiger partial charge in [0.15, 0.2) is 6.10 Å². The Morgan fingerprint density at radius 3 is 2.84 bits per heavy atom. The zero-order valence-electron chi connectivity index (χ0n) is 14.4. The Labute approximate surface area is 152 Å². The third-order valence-corrected chi connectivity index (χ3v) is 5.01. The number of hydrogen-bond acceptors (Lipinski definition) is 4. The molecule has 1 N–H and O–H groups in total. The molecule has 6 heteroatoms. The van der Waals surface area contributed by atoms with Gasteiger partial charge in [0.25, 0.3) is 5.91 Å². The van der Waals surface area contributed by atoms with Crippen LogP contribution in [0.5, 0.6) is 0 Å². The number of carbonyl (C=O) groups is 2. The van der Waals surface area contributed by atoms with E-state index in [9.17, 15) is 14.0 Å². The minimum atomic E-state index is -0.853. The van der Waals surface area contributed by atoms with Crippen LogP contribution < -0.4 is 5.32 Å². The second-order valence-corrected chi connectivity index (χ2v) is 7.02. The van der Waals surface area contributed by atoms with Gasteiger partial charge in [-0.3, -0.25) is 9.59 Å². The maximum Gasteiger partial charge on any atom is 0.317 e. The average molecular weight is 365 g/mol. The van der Waals surface area contributed by atoms with Gasteiger partial charge in [-0.1, -0.05) is 23.8 Å². The van der Waals surface area contributed by atoms with Gasteiger partial charge in [-0.05, 0) is 51.2 Å². The summed E-state index contributed by atoms with van der Waals surface area (Å²) < 4.78 is 18.6. The van der Waals surface area contributed by atoms with Crippen molar-refractivity contribution >= 4 is 23.6 Å². The second kappa shape index (κ2) is 10.2. The van der Waals surface area contributed by atoms with Gasteiger partial charge < -0.3 is 10.1 Å². The lowest BCUT2D eigenvalue weighted by atomic mass is 9.97. The summed E-state index contributed by atoms with van der Waals surface area (Å²) >= 11 is 1.06. The largest absolute Gasteiger partial charge is 0.452 e. The highest BCUT2D eigenvalue weighted by Gasteiger charge is 2.18. The number of hydrogen-bond donors (Lipinski definition) is 1. The molecule has 0 saturated carbocycles. The Kier molecular flexibility index (Phi) is 7.98. The first-order valence-electron chi connectivity index (χ1n) is 8.58. The van der Waals surface area contributed by atoms with Crippen LogP contribution in [0.2, 0.25) is 0 Å². The summed E-state index contributed by atoms with van der Waals surface area (Å²) in [7, 11) is 0. The highest BCUT2D eigenvalue weighted by molar-refractivity contribution is 8.00. The standard InChI is InChI=1S/C19H24FNO3S/c1-14(19(23)21-12-11-15-7-3-2-4-8-15)24-18(22)13-25-17-10-6-5-9-16(17)20/h5-7,9-10,14H,2-4,8,11-13H2,1H3,(H,21,23)/t14-/m0/s1. The van der Waals surface area contributed by atoms with Crippen LogP contribution in [-0.4, -0.2) is 30.3 Å². The lowest BCUT2D eigenvalue weighted by molar-refractivity contribution is -0.152. The summed E-state index contributed by atoms with van der Waals surface area (Å²) in [5.74, 6) is -1.25. The minimum absolute atomic E-state index is 0.0363. The summed E-state index contributed by atoms with van der Waals surface area (Å²) in [6.45, 7) is 2.09. The van der Waals surface area contributed by atoms with Crippen LogP contribution in [0.1, 0.15) is 39.0 Å². The monoisotopic (exact) mass is 365 g/mol. The number of rotatable bonds is 8. The van der Waals surface area contributed by atoms with E-state index in [-0.39, 0.29) is 17.5 Å². The highest BCUT2D eigenvalue weighted by Crippen LogP contribution is 2.21. The Bertz CT molecular complexity index is 633. The number of esters is 1. The van der Waals surface area contributed by atoms with E-state index in [1.807, 2.05) is 0 Å². The van der Waals surface area contributed by atoms with Crippen LogP contribution in [0.15, 0.2) is 40.8 Å². The smallest absolute Gasteiger partial charge is 0.317 e. The zero-order chi connectivity index (χ0) is 18.1. The van der Waals surface area contributed by atoms with Gasteiger partial charge in [0.1, 0.15) is 5.82 Å². The first-order chi connectivity index (χ1) is 12.1. The van der Waals surface area contributed by atoms with Gasteiger partial charge in [-0.2, -0.15) is 0 Å². The molecule has 2 rings (SSSR count). The topological polar surface area (TPSA) is 55.4 Å². The lowest BCUT2D eigenvalue weighted by Gasteiger charge is -2.15. The molecule has 1 amide bonds. The summed E-state index contributed by atoms with van der Waals surface area (Å²) in [5, 5.41) is 2.79. The Morgan fingerprint density at radius 1 is 1.32 bits per heavy atom. The van der Waals surface area contributed by atoms with Crippen molar-refractivity contribution in [3.63, 3.8) is 0 Å². The molecule has 0 spiro atoms. The molecule has 0 unspecified atom stereocenters. The predicted molar refractivity (Wildman–Crippen MR) is 96.9 cm³/mol. The first kappa shape index (κ1) is 19.5. The van der Waals surface area contributed by atoms with E-state index in [1.165, 1.54) is 24.5 Å². The molecule has 0 aliphatic heterocycles. The Balaban J connectivity index is 1.66. The molecule has 1 aliphatic carbocycles. The number of allylic oxidation sites excluding steroid dienone is 1. The van der Waals surface area contributed by atoms with Crippen LogP contribution in [0, 0.1) is 5.82 Å². The van der Waals surface area contributed by atoms with E-state index in [2.05, 4.69) is 11.4 Å². The number of thioether (sulfide) groups is 1. The fourth-order valence-corrected chi connectivity index (χ4v) is 3.33. The van der Waals surface area contributed by atoms with E-state index in [0.717, 1.165) is 31.0 Å². The SMILES string of the molecule is C[C@H](OC(=O)CSc1ccccc1F)C(=O)NCCC1=CCCCC1. The van der Waals surface area contributed by atoms with Gasteiger partial charge in [0.2, 0.25) is 0 Å². The molecule has 25 heavy (non-hydrogen) atoms. The number of carbonyl (C=O) groups excluding carboxylic acids is 2. The third-order valence-electron chi connectivity index (χ3n) is 3.99. The molecule has 1 aromatic carbocycles. The molecular formula is C19H24FNO3S. The van der Waals surface area contributed by atoms with Crippen LogP contribution in [0.3, 0.4) is 0 Å². The molecule has 1 aliphatic rings. The molecule has 0 heterocycles. The molecule has 136 valence electrons. The van der Waals surface area contributed by atoms with Gasteiger partial charge in [-0.15, -0.1) is 11.8 Å². The molecule has 0 fully saturated rings. The minimum Gasteiger partial charge on any atom is -0.452 e. The maximum absolute atomic E-state index is 13.5. The fourth-order valence-electron chi connectivity index (χ4n) is 2.60. The zero-order valence-corrected chi connectivity index (χ0v) is 15.2. The van der Waals surface area contributed by atoms with Crippen molar-refractivity contribution in [3.8, 4) is 0 Å². The molecule has 0 radical (unpaired) electrons. The maximum atomic E-state index is 13.5. The molecule has 1 atom stereocenters. The van der Waals surface area contributed by atoms with Crippen LogP contribution >= 0.6 is 11.8 Å². The number of ether oxygens (including phenoxy) is 1. The van der Waals surface area contributed by atoms with Crippen LogP contribution in [0.4, 0.5) is 4.39 Å². The quantitative estimate of drug-likeness (QED) is 0.432. The Morgan fingerprint density at radius 2 is 2.12 bits per heavy atom. The molecule has 1 aromatic rings. The van der Waals surface area contributed by atoms with Gasteiger partial charge in [-0.25, -0.2) is 4.39 Å². The van der Waals surface area contributed by atoms with Crippen LogP contribution in [-0.2, 0) is 14.3 Å². The van der Waals surface area contributed by atoms with Crippen molar-refractivity contribution < 1.29 is 18.7 Å². The predicted octanol–water partition coefficient (Wildman–Crippen LogP) is 3.86. The van der Waals surface area contributed by atoms with E-state index in [4.69, 9.17) is 4.74 Å². The number of benzene rings is 1. The van der Waals surface area contributed by atoms with Crippen molar-refractivity contribution in [2.24, 2.45) is 0 Å². The van der Waals surface area contributed by atoms with Gasteiger partial charge in [0, 0.05) is 11.4 Å². The Hall–Kier alpha value is -1.82. The lowest BCUT2D eigenvalue weighted by Crippen LogP contribution is -2.36. The van der Waals surface area contributed by atoms with Crippen molar-refractivity contribution in [1.82, 2.24) is 5.32 Å². The molecule has 0 saturated heterocycles. The normalized spacial score (nSPS) is 15.2. The average Bonchev–Trinajstić information content (AvgIpc) is 2.62. The van der Waals surface area contributed by atoms with Crippen molar-refractivity contribution in [3.05, 3.63) is 41.7 Å². The summed E-state index contributed by atoms with van der Waals surface area (Å²) in [6, 6.07) is 6.23. The van der Waals surface area contributed by atoms with E-state index in [0.29, 0.717) is 11.4 Å². The van der Waals surface area contributed by atoms with E-state index >= 15 is 0 Å². The van der Waals surface area contributed by atoms with Gasteiger partial charge in [0.05, 0.1) is 5.75 Å². The summed E-state index contributed by atoms with van der Waals surface area (Å²) in [6.07, 6.45) is 6.93. The van der Waals surface area contributed by atoms with E-state index in [1.54, 1.807) is 25.1 Å². The summed E-state index contributed by atoms with van der Waals surface area (Å²) in [5.41, 5.74) is 1.39. The number of amides is 1. The van der Waals surface area contributed by atoms with Crippen molar-refractivity contribution in [2.45, 2.75) is 50.0 Å². The fraction of sp³-hybridized carbons (Fsp3) is 0.474. The van der Waals surface area contributed by atoms with E-state index < -0.39 is 12.1 Å². The second-order valence-electron chi connectivity index (χ2n) is 6.00.